The molecule has 1 heterocycles. The SMILES string of the molecule is O=C(CCn1ccc2ccccc21)Nc1ccc(NC(=O)NC2CC2)cc1. The molecule has 4 rings (SSSR count). The maximum absolute atomic E-state index is 12.2. The van der Waals surface area contributed by atoms with Gasteiger partial charge in [0.05, 0.1) is 0 Å². The first kappa shape index (κ1) is 17.1. The summed E-state index contributed by atoms with van der Waals surface area (Å²) in [5, 5.41) is 9.73. The predicted octanol–water partition coefficient (Wildman–Crippen LogP) is 3.95. The van der Waals surface area contributed by atoms with Gasteiger partial charge in [0.25, 0.3) is 0 Å². The molecule has 1 saturated carbocycles. The number of aryl methyl sites for hydroxylation is 1. The monoisotopic (exact) mass is 362 g/mol. The number of amides is 3. The van der Waals surface area contributed by atoms with E-state index in [1.807, 2.05) is 18.3 Å². The molecule has 27 heavy (non-hydrogen) atoms. The van der Waals surface area contributed by atoms with Crippen molar-refractivity contribution in [3.8, 4) is 0 Å². The summed E-state index contributed by atoms with van der Waals surface area (Å²) in [4.78, 5) is 24.0. The van der Waals surface area contributed by atoms with Crippen LogP contribution in [0.2, 0.25) is 0 Å². The molecule has 3 N–H and O–H groups in total. The fourth-order valence-corrected chi connectivity index (χ4v) is 3.00. The smallest absolute Gasteiger partial charge is 0.319 e. The lowest BCUT2D eigenvalue weighted by Gasteiger charge is -2.09. The molecule has 0 radical (unpaired) electrons. The second-order valence-corrected chi connectivity index (χ2v) is 6.82. The van der Waals surface area contributed by atoms with E-state index in [1.54, 1.807) is 24.3 Å². The number of hydrogen-bond donors (Lipinski definition) is 3. The molecular weight excluding hydrogens is 340 g/mol. The highest BCUT2D eigenvalue weighted by molar-refractivity contribution is 5.92. The first-order valence-electron chi connectivity index (χ1n) is 9.19. The lowest BCUT2D eigenvalue weighted by atomic mass is 10.2. The van der Waals surface area contributed by atoms with Crippen molar-refractivity contribution in [1.29, 1.82) is 0 Å². The van der Waals surface area contributed by atoms with Gasteiger partial charge in [-0.25, -0.2) is 4.79 Å². The van der Waals surface area contributed by atoms with Crippen LogP contribution in [0.5, 0.6) is 0 Å². The van der Waals surface area contributed by atoms with E-state index in [9.17, 15) is 9.59 Å². The molecule has 138 valence electrons. The van der Waals surface area contributed by atoms with Gasteiger partial charge in [0.1, 0.15) is 0 Å². The Balaban J connectivity index is 1.28. The van der Waals surface area contributed by atoms with E-state index in [0.717, 1.165) is 18.4 Å². The Kier molecular flexibility index (Phi) is 4.78. The highest BCUT2D eigenvalue weighted by atomic mass is 16.2. The number of fused-ring (bicyclic) bond motifs is 1. The Morgan fingerprint density at radius 3 is 2.37 bits per heavy atom. The summed E-state index contributed by atoms with van der Waals surface area (Å²) in [6.45, 7) is 0.625. The maximum Gasteiger partial charge on any atom is 0.319 e. The fraction of sp³-hybridized carbons (Fsp3) is 0.238. The van der Waals surface area contributed by atoms with Gasteiger partial charge in [-0.15, -0.1) is 0 Å². The minimum Gasteiger partial charge on any atom is -0.347 e. The van der Waals surface area contributed by atoms with Crippen molar-refractivity contribution in [2.45, 2.75) is 31.8 Å². The number of anilines is 2. The normalized spacial score (nSPS) is 13.3. The molecule has 0 spiro atoms. The number of carbonyl (C=O) groups excluding carboxylic acids is 2. The molecule has 1 fully saturated rings. The van der Waals surface area contributed by atoms with E-state index < -0.39 is 0 Å². The van der Waals surface area contributed by atoms with Crippen molar-refractivity contribution in [3.05, 3.63) is 60.8 Å². The first-order valence-corrected chi connectivity index (χ1v) is 9.19. The quantitative estimate of drug-likeness (QED) is 0.621. The van der Waals surface area contributed by atoms with Crippen molar-refractivity contribution in [2.24, 2.45) is 0 Å². The van der Waals surface area contributed by atoms with Crippen LogP contribution in [0.25, 0.3) is 10.9 Å². The predicted molar refractivity (Wildman–Crippen MR) is 107 cm³/mol. The second-order valence-electron chi connectivity index (χ2n) is 6.82. The second kappa shape index (κ2) is 7.53. The summed E-state index contributed by atoms with van der Waals surface area (Å²) in [5.41, 5.74) is 2.54. The Morgan fingerprint density at radius 1 is 0.926 bits per heavy atom. The molecule has 1 aliphatic carbocycles. The van der Waals surface area contributed by atoms with Crippen molar-refractivity contribution in [3.63, 3.8) is 0 Å². The van der Waals surface area contributed by atoms with E-state index in [0.29, 0.717) is 30.4 Å². The number of aromatic nitrogens is 1. The molecule has 6 nitrogen and oxygen atoms in total. The zero-order valence-electron chi connectivity index (χ0n) is 14.9. The third-order valence-electron chi connectivity index (χ3n) is 4.60. The molecule has 1 aromatic heterocycles. The topological polar surface area (TPSA) is 75.2 Å². The van der Waals surface area contributed by atoms with Crippen LogP contribution in [-0.4, -0.2) is 22.5 Å². The summed E-state index contributed by atoms with van der Waals surface area (Å²) < 4.78 is 2.08. The Morgan fingerprint density at radius 2 is 1.63 bits per heavy atom. The Labute approximate surface area is 157 Å². The zero-order valence-corrected chi connectivity index (χ0v) is 14.9. The molecule has 0 atom stereocenters. The van der Waals surface area contributed by atoms with Crippen LogP contribution >= 0.6 is 0 Å². The summed E-state index contributed by atoms with van der Waals surface area (Å²) in [6.07, 6.45) is 4.50. The number of benzene rings is 2. The van der Waals surface area contributed by atoms with Crippen molar-refractivity contribution < 1.29 is 9.59 Å². The van der Waals surface area contributed by atoms with Crippen molar-refractivity contribution in [1.82, 2.24) is 9.88 Å². The summed E-state index contributed by atoms with van der Waals surface area (Å²) in [7, 11) is 0. The molecule has 0 aliphatic heterocycles. The molecule has 1 aliphatic rings. The van der Waals surface area contributed by atoms with E-state index >= 15 is 0 Å². The number of carbonyl (C=O) groups is 2. The van der Waals surface area contributed by atoms with Crippen LogP contribution in [0.4, 0.5) is 16.2 Å². The van der Waals surface area contributed by atoms with E-state index in [2.05, 4.69) is 38.7 Å². The molecular formula is C21H22N4O2. The minimum atomic E-state index is -0.187. The Hall–Kier alpha value is -3.28. The van der Waals surface area contributed by atoms with Gasteiger partial charge in [0, 0.05) is 42.1 Å². The van der Waals surface area contributed by atoms with Gasteiger partial charge in [0.15, 0.2) is 0 Å². The van der Waals surface area contributed by atoms with Gasteiger partial charge in [-0.2, -0.15) is 0 Å². The van der Waals surface area contributed by atoms with Gasteiger partial charge >= 0.3 is 6.03 Å². The van der Waals surface area contributed by atoms with Gasteiger partial charge in [-0.1, -0.05) is 18.2 Å². The van der Waals surface area contributed by atoms with Crippen LogP contribution < -0.4 is 16.0 Å². The van der Waals surface area contributed by atoms with Gasteiger partial charge in [0.2, 0.25) is 5.91 Å². The lowest BCUT2D eigenvalue weighted by Crippen LogP contribution is -2.30. The highest BCUT2D eigenvalue weighted by Crippen LogP contribution is 2.19. The maximum atomic E-state index is 12.2. The number of para-hydroxylation sites is 1. The van der Waals surface area contributed by atoms with E-state index in [4.69, 9.17) is 0 Å². The van der Waals surface area contributed by atoms with Crippen LogP contribution in [0.3, 0.4) is 0 Å². The summed E-state index contributed by atoms with van der Waals surface area (Å²) in [5.74, 6) is -0.0417. The molecule has 2 aromatic carbocycles. The minimum absolute atomic E-state index is 0.0417. The molecule has 6 heteroatoms. The molecule has 0 saturated heterocycles. The van der Waals surface area contributed by atoms with Gasteiger partial charge in [-0.3, -0.25) is 4.79 Å². The average Bonchev–Trinajstić information content (AvgIpc) is 3.38. The summed E-state index contributed by atoms with van der Waals surface area (Å²) >= 11 is 0. The highest BCUT2D eigenvalue weighted by Gasteiger charge is 2.23. The molecule has 0 bridgehead atoms. The van der Waals surface area contributed by atoms with Crippen molar-refractivity contribution in [2.75, 3.05) is 10.6 Å². The van der Waals surface area contributed by atoms with Crippen LogP contribution in [-0.2, 0) is 11.3 Å². The molecule has 3 aromatic rings. The number of hydrogen-bond acceptors (Lipinski definition) is 2. The third kappa shape index (κ3) is 4.47. The zero-order chi connectivity index (χ0) is 18.6. The molecule has 0 unspecified atom stereocenters. The standard InChI is InChI=1S/C21H22N4O2/c26-20(12-14-25-13-11-15-3-1-2-4-19(15)25)22-16-5-7-17(8-6-16)23-21(27)24-18-9-10-18/h1-8,11,13,18H,9-10,12,14H2,(H,22,26)(H2,23,24,27). The number of nitrogens with zero attached hydrogens (tertiary/aromatic N) is 1. The first-order chi connectivity index (χ1) is 13.2. The van der Waals surface area contributed by atoms with Gasteiger partial charge < -0.3 is 20.5 Å². The largest absolute Gasteiger partial charge is 0.347 e. The third-order valence-corrected chi connectivity index (χ3v) is 4.60. The number of nitrogens with one attached hydrogen (secondary N) is 3. The van der Waals surface area contributed by atoms with Gasteiger partial charge in [-0.05, 0) is 54.6 Å². The van der Waals surface area contributed by atoms with E-state index in [-0.39, 0.29) is 11.9 Å². The Bertz CT molecular complexity index is 958. The molecule has 3 amide bonds. The fourth-order valence-electron chi connectivity index (χ4n) is 3.00. The van der Waals surface area contributed by atoms with Crippen LogP contribution in [0.1, 0.15) is 19.3 Å². The van der Waals surface area contributed by atoms with Crippen molar-refractivity contribution >= 4 is 34.2 Å². The van der Waals surface area contributed by atoms with Crippen LogP contribution in [0, 0.1) is 0 Å². The number of rotatable bonds is 6. The lowest BCUT2D eigenvalue weighted by molar-refractivity contribution is -0.116. The van der Waals surface area contributed by atoms with Crippen LogP contribution in [0.15, 0.2) is 60.8 Å². The number of urea groups is 1. The summed E-state index contributed by atoms with van der Waals surface area (Å²) in [6, 6.07) is 17.4. The average molecular weight is 362 g/mol. The van der Waals surface area contributed by atoms with E-state index in [1.165, 1.54) is 5.39 Å².